The van der Waals surface area contributed by atoms with Crippen LogP contribution in [0.1, 0.15) is 30.1 Å². The van der Waals surface area contributed by atoms with E-state index in [9.17, 15) is 4.79 Å². The zero-order valence-corrected chi connectivity index (χ0v) is 11.5. The van der Waals surface area contributed by atoms with Crippen LogP contribution < -0.4 is 5.32 Å². The quantitative estimate of drug-likeness (QED) is 0.870. The van der Waals surface area contributed by atoms with Crippen LogP contribution in [0.15, 0.2) is 12.1 Å². The van der Waals surface area contributed by atoms with Crippen molar-refractivity contribution >= 4 is 29.1 Å². The maximum absolute atomic E-state index is 11.9. The molecule has 1 fully saturated rings. The van der Waals surface area contributed by atoms with E-state index < -0.39 is 0 Å². The van der Waals surface area contributed by atoms with E-state index in [0.29, 0.717) is 12.1 Å². The second-order valence-electron chi connectivity index (χ2n) is 4.59. The minimum absolute atomic E-state index is 0.205. The Balaban J connectivity index is 1.99. The smallest absolute Gasteiger partial charge is 0.251 e. The fraction of sp³-hybridized carbons (Fsp3) is 0.500. The first-order valence-corrected chi connectivity index (χ1v) is 6.49. The second-order valence-corrected chi connectivity index (χ2v) is 5.36. The van der Waals surface area contributed by atoms with E-state index in [2.05, 4.69) is 10.3 Å². The zero-order valence-electron chi connectivity index (χ0n) is 10.0. The average Bonchev–Trinajstić information content (AvgIpc) is 2.72. The molecule has 1 aromatic rings. The molecule has 1 aliphatic rings. The molecule has 1 atom stereocenters. The number of ether oxygens (including phenoxy) is 1. The van der Waals surface area contributed by atoms with Crippen LogP contribution >= 0.6 is 23.2 Å². The van der Waals surface area contributed by atoms with Gasteiger partial charge in [-0.1, -0.05) is 23.2 Å². The molecule has 0 bridgehead atoms. The van der Waals surface area contributed by atoms with Crippen molar-refractivity contribution in [2.75, 3.05) is 13.2 Å². The van der Waals surface area contributed by atoms with E-state index >= 15 is 0 Å². The van der Waals surface area contributed by atoms with Crippen LogP contribution in [0.2, 0.25) is 10.3 Å². The Morgan fingerprint density at radius 3 is 2.72 bits per heavy atom. The zero-order chi connectivity index (χ0) is 13.2. The molecule has 0 spiro atoms. The summed E-state index contributed by atoms with van der Waals surface area (Å²) in [5.41, 5.74) is 0.137. The van der Waals surface area contributed by atoms with Gasteiger partial charge in [0.25, 0.3) is 5.91 Å². The van der Waals surface area contributed by atoms with Gasteiger partial charge in [-0.05, 0) is 31.9 Å². The van der Waals surface area contributed by atoms with Crippen LogP contribution in [0.4, 0.5) is 0 Å². The molecule has 6 heteroatoms. The first-order chi connectivity index (χ1) is 8.48. The number of carbonyl (C=O) groups is 1. The summed E-state index contributed by atoms with van der Waals surface area (Å²) in [6.45, 7) is 3.22. The van der Waals surface area contributed by atoms with Crippen LogP contribution in [-0.4, -0.2) is 29.6 Å². The van der Waals surface area contributed by atoms with E-state index in [1.54, 1.807) is 0 Å². The third-order valence-corrected chi connectivity index (χ3v) is 3.34. The highest BCUT2D eigenvalue weighted by atomic mass is 35.5. The molecule has 1 amide bonds. The maximum atomic E-state index is 11.9. The Hall–Kier alpha value is -0.840. The number of amides is 1. The Kier molecular flexibility index (Phi) is 4.10. The standard InChI is InChI=1S/C12H14Cl2N2O2/c1-12(3-2-4-18-12)7-15-11(17)8-5-9(13)16-10(14)6-8/h5-6H,2-4,7H2,1H3,(H,15,17). The van der Waals surface area contributed by atoms with Gasteiger partial charge in [-0.15, -0.1) is 0 Å². The number of pyridine rings is 1. The molecule has 0 aromatic carbocycles. The number of aromatic nitrogens is 1. The number of nitrogens with zero attached hydrogens (tertiary/aromatic N) is 1. The van der Waals surface area contributed by atoms with Gasteiger partial charge in [0.05, 0.1) is 5.60 Å². The van der Waals surface area contributed by atoms with Crippen LogP contribution in [0.25, 0.3) is 0 Å². The summed E-state index contributed by atoms with van der Waals surface area (Å²) >= 11 is 11.5. The molecule has 1 aromatic heterocycles. The van der Waals surface area contributed by atoms with Crippen molar-refractivity contribution in [1.29, 1.82) is 0 Å². The molecule has 0 aliphatic carbocycles. The van der Waals surface area contributed by atoms with Crippen molar-refractivity contribution in [3.63, 3.8) is 0 Å². The summed E-state index contributed by atoms with van der Waals surface area (Å²) in [6.07, 6.45) is 1.98. The number of rotatable bonds is 3. The van der Waals surface area contributed by atoms with E-state index in [1.165, 1.54) is 12.1 Å². The van der Waals surface area contributed by atoms with Gasteiger partial charge >= 0.3 is 0 Å². The number of carbonyl (C=O) groups excluding carboxylic acids is 1. The number of nitrogens with one attached hydrogen (secondary N) is 1. The minimum atomic E-state index is -0.268. The largest absolute Gasteiger partial charge is 0.373 e. The topological polar surface area (TPSA) is 51.2 Å². The van der Waals surface area contributed by atoms with Gasteiger partial charge in [0.2, 0.25) is 0 Å². The lowest BCUT2D eigenvalue weighted by molar-refractivity contribution is 0.0206. The Morgan fingerprint density at radius 2 is 2.17 bits per heavy atom. The van der Waals surface area contributed by atoms with Crippen molar-refractivity contribution < 1.29 is 9.53 Å². The third-order valence-electron chi connectivity index (χ3n) is 2.95. The summed E-state index contributed by atoms with van der Waals surface area (Å²) in [4.78, 5) is 15.7. The summed E-state index contributed by atoms with van der Waals surface area (Å²) in [5, 5.41) is 3.24. The predicted molar refractivity (Wildman–Crippen MR) is 70.2 cm³/mol. The van der Waals surface area contributed by atoms with Gasteiger partial charge in [0, 0.05) is 18.7 Å². The van der Waals surface area contributed by atoms with Crippen molar-refractivity contribution in [1.82, 2.24) is 10.3 Å². The minimum Gasteiger partial charge on any atom is -0.373 e. The monoisotopic (exact) mass is 288 g/mol. The van der Waals surface area contributed by atoms with E-state index in [1.807, 2.05) is 6.92 Å². The second kappa shape index (κ2) is 5.43. The molecule has 1 saturated heterocycles. The molecular formula is C12H14Cl2N2O2. The van der Waals surface area contributed by atoms with Crippen molar-refractivity contribution in [2.45, 2.75) is 25.4 Å². The van der Waals surface area contributed by atoms with Crippen molar-refractivity contribution in [3.8, 4) is 0 Å². The van der Waals surface area contributed by atoms with Gasteiger partial charge in [-0.2, -0.15) is 0 Å². The highest BCUT2D eigenvalue weighted by Gasteiger charge is 2.30. The highest BCUT2D eigenvalue weighted by Crippen LogP contribution is 2.24. The molecule has 1 unspecified atom stereocenters. The molecule has 0 radical (unpaired) electrons. The SMILES string of the molecule is CC1(CNC(=O)c2cc(Cl)nc(Cl)c2)CCCO1. The first kappa shape index (κ1) is 13.6. The molecule has 1 aliphatic heterocycles. The Labute approximate surface area is 116 Å². The maximum Gasteiger partial charge on any atom is 0.251 e. The molecule has 0 saturated carbocycles. The Bertz CT molecular complexity index is 439. The van der Waals surface area contributed by atoms with E-state index in [4.69, 9.17) is 27.9 Å². The molecule has 2 heterocycles. The lowest BCUT2D eigenvalue weighted by Gasteiger charge is -2.23. The molecular weight excluding hydrogens is 275 g/mol. The molecule has 98 valence electrons. The normalized spacial score (nSPS) is 23.1. The lowest BCUT2D eigenvalue weighted by Crippen LogP contribution is -2.40. The molecule has 18 heavy (non-hydrogen) atoms. The average molecular weight is 289 g/mol. The van der Waals surface area contributed by atoms with E-state index in [0.717, 1.165) is 19.4 Å². The fourth-order valence-corrected chi connectivity index (χ4v) is 2.40. The molecule has 1 N–H and O–H groups in total. The number of halogens is 2. The van der Waals surface area contributed by atoms with Crippen molar-refractivity contribution in [3.05, 3.63) is 28.0 Å². The Morgan fingerprint density at radius 1 is 1.50 bits per heavy atom. The first-order valence-electron chi connectivity index (χ1n) is 5.74. The van der Waals surface area contributed by atoms with Gasteiger partial charge in [0.15, 0.2) is 0 Å². The number of hydrogen-bond acceptors (Lipinski definition) is 3. The van der Waals surface area contributed by atoms with Crippen LogP contribution in [0.5, 0.6) is 0 Å². The lowest BCUT2D eigenvalue weighted by atomic mass is 10.0. The number of hydrogen-bond donors (Lipinski definition) is 1. The predicted octanol–water partition coefficient (Wildman–Crippen LogP) is 2.69. The summed E-state index contributed by atoms with van der Waals surface area (Å²) < 4.78 is 5.59. The van der Waals surface area contributed by atoms with Gasteiger partial charge in [-0.25, -0.2) is 4.98 Å². The van der Waals surface area contributed by atoms with Gasteiger partial charge < -0.3 is 10.1 Å². The highest BCUT2D eigenvalue weighted by molar-refractivity contribution is 6.33. The summed E-state index contributed by atoms with van der Waals surface area (Å²) in [7, 11) is 0. The molecule has 4 nitrogen and oxygen atoms in total. The van der Waals surface area contributed by atoms with Crippen LogP contribution in [-0.2, 0) is 4.74 Å². The fourth-order valence-electron chi connectivity index (χ4n) is 1.94. The van der Waals surface area contributed by atoms with E-state index in [-0.39, 0.29) is 21.8 Å². The van der Waals surface area contributed by atoms with Gasteiger partial charge in [-0.3, -0.25) is 4.79 Å². The van der Waals surface area contributed by atoms with Gasteiger partial charge in [0.1, 0.15) is 10.3 Å². The van der Waals surface area contributed by atoms with Crippen LogP contribution in [0, 0.1) is 0 Å². The van der Waals surface area contributed by atoms with Crippen LogP contribution in [0.3, 0.4) is 0 Å². The molecule has 2 rings (SSSR count). The van der Waals surface area contributed by atoms with Crippen molar-refractivity contribution in [2.24, 2.45) is 0 Å². The third kappa shape index (κ3) is 3.34. The summed E-state index contributed by atoms with van der Waals surface area (Å²) in [5.74, 6) is -0.224. The summed E-state index contributed by atoms with van der Waals surface area (Å²) in [6, 6.07) is 2.97.